The largest absolute Gasteiger partial charge is 0.378 e. The third-order valence-electron chi connectivity index (χ3n) is 5.26. The number of nitrogens with zero attached hydrogens (tertiary/aromatic N) is 3. The normalized spacial score (nSPS) is 14.5. The minimum Gasteiger partial charge on any atom is -0.378 e. The highest BCUT2D eigenvalue weighted by atomic mass is 32.2. The van der Waals surface area contributed by atoms with E-state index in [2.05, 4.69) is 9.71 Å². The van der Waals surface area contributed by atoms with Crippen molar-refractivity contribution in [1.29, 1.82) is 0 Å². The van der Waals surface area contributed by atoms with E-state index in [1.807, 2.05) is 0 Å². The number of morpholine rings is 1. The number of rotatable bonds is 5. The topological polar surface area (TPSA) is 93.0 Å². The van der Waals surface area contributed by atoms with Crippen LogP contribution in [0.3, 0.4) is 0 Å². The van der Waals surface area contributed by atoms with Crippen LogP contribution in [0.15, 0.2) is 65.0 Å². The van der Waals surface area contributed by atoms with Gasteiger partial charge in [-0.3, -0.25) is 13.9 Å². The highest BCUT2D eigenvalue weighted by Crippen LogP contribution is 2.27. The highest BCUT2D eigenvalue weighted by molar-refractivity contribution is 7.92. The van der Waals surface area contributed by atoms with E-state index >= 15 is 0 Å². The molecule has 3 heterocycles. The lowest BCUT2D eigenvalue weighted by atomic mass is 10.1. The monoisotopic (exact) mass is 486 g/mol. The van der Waals surface area contributed by atoms with Crippen LogP contribution in [0.5, 0.6) is 0 Å². The Balaban J connectivity index is 1.43. The Labute approximate surface area is 193 Å². The van der Waals surface area contributed by atoms with Crippen molar-refractivity contribution in [3.63, 3.8) is 0 Å². The predicted octanol–water partition coefficient (Wildman–Crippen LogP) is 3.48. The van der Waals surface area contributed by atoms with Crippen LogP contribution in [0.4, 0.5) is 10.1 Å². The smallest absolute Gasteiger partial charge is 0.271 e. The van der Waals surface area contributed by atoms with Gasteiger partial charge in [0.1, 0.15) is 16.4 Å². The van der Waals surface area contributed by atoms with Crippen molar-refractivity contribution in [2.24, 2.45) is 0 Å². The summed E-state index contributed by atoms with van der Waals surface area (Å²) in [7, 11) is -4.10. The van der Waals surface area contributed by atoms with E-state index in [0.717, 1.165) is 6.07 Å². The summed E-state index contributed by atoms with van der Waals surface area (Å²) in [6, 6.07) is 11.9. The number of sulfonamides is 1. The van der Waals surface area contributed by atoms with Gasteiger partial charge in [-0.05, 0) is 24.3 Å². The van der Waals surface area contributed by atoms with Crippen molar-refractivity contribution in [2.45, 2.75) is 4.90 Å². The number of aromatic nitrogens is 2. The van der Waals surface area contributed by atoms with Crippen molar-refractivity contribution >= 4 is 37.9 Å². The maximum absolute atomic E-state index is 14.0. The summed E-state index contributed by atoms with van der Waals surface area (Å²) in [4.78, 5) is 19.5. The maximum atomic E-state index is 14.0. The second-order valence-electron chi connectivity index (χ2n) is 7.42. The molecule has 1 amide bonds. The highest BCUT2D eigenvalue weighted by Gasteiger charge is 2.23. The lowest BCUT2D eigenvalue weighted by Gasteiger charge is -2.26. The molecule has 0 aliphatic carbocycles. The number of carbonyl (C=O) groups excluding carboxylic acids is 1. The number of hydrogen-bond acceptors (Lipinski definition) is 6. The first-order valence-corrected chi connectivity index (χ1v) is 12.5. The van der Waals surface area contributed by atoms with Gasteiger partial charge in [0, 0.05) is 35.9 Å². The molecule has 1 N–H and O–H groups in total. The fourth-order valence-electron chi connectivity index (χ4n) is 3.62. The third kappa shape index (κ3) is 4.22. The van der Waals surface area contributed by atoms with Gasteiger partial charge in [-0.1, -0.05) is 24.3 Å². The zero-order valence-corrected chi connectivity index (χ0v) is 18.9. The molecule has 2 aromatic heterocycles. The molecule has 2 aromatic carbocycles. The molecule has 0 bridgehead atoms. The van der Waals surface area contributed by atoms with E-state index in [-0.39, 0.29) is 11.6 Å². The number of ether oxygens (including phenoxy) is 1. The zero-order chi connectivity index (χ0) is 23.0. The lowest BCUT2D eigenvalue weighted by Crippen LogP contribution is -2.41. The van der Waals surface area contributed by atoms with Gasteiger partial charge in [-0.25, -0.2) is 17.8 Å². The van der Waals surface area contributed by atoms with E-state index in [1.165, 1.54) is 29.5 Å². The summed E-state index contributed by atoms with van der Waals surface area (Å²) in [5.41, 5.74) is 2.04. The quantitative estimate of drug-likeness (QED) is 0.466. The first-order chi connectivity index (χ1) is 15.9. The second kappa shape index (κ2) is 8.58. The minimum absolute atomic E-state index is 0.0834. The van der Waals surface area contributed by atoms with Crippen molar-refractivity contribution in [1.82, 2.24) is 14.3 Å². The molecule has 1 saturated heterocycles. The number of fused-ring (bicyclic) bond motifs is 1. The summed E-state index contributed by atoms with van der Waals surface area (Å²) < 4.78 is 48.7. The fraction of sp³-hybridized carbons (Fsp3) is 0.182. The molecule has 0 atom stereocenters. The average Bonchev–Trinajstić information content (AvgIpc) is 3.40. The van der Waals surface area contributed by atoms with Crippen LogP contribution >= 0.6 is 11.3 Å². The summed E-state index contributed by atoms with van der Waals surface area (Å²) in [5, 5.41) is 1.78. The first kappa shape index (κ1) is 21.6. The molecule has 0 radical (unpaired) electrons. The van der Waals surface area contributed by atoms with Gasteiger partial charge in [-0.15, -0.1) is 11.3 Å². The molecule has 11 heteroatoms. The second-order valence-corrected chi connectivity index (χ2v) is 9.91. The molecule has 1 aliphatic heterocycles. The van der Waals surface area contributed by atoms with Gasteiger partial charge < -0.3 is 9.64 Å². The number of anilines is 1. The molecule has 33 heavy (non-hydrogen) atoms. The van der Waals surface area contributed by atoms with Gasteiger partial charge in [0.15, 0.2) is 4.96 Å². The summed E-state index contributed by atoms with van der Waals surface area (Å²) in [6.07, 6.45) is 1.75. The minimum atomic E-state index is -4.10. The number of hydrogen-bond donors (Lipinski definition) is 1. The van der Waals surface area contributed by atoms with Crippen molar-refractivity contribution in [2.75, 3.05) is 31.0 Å². The fourth-order valence-corrected chi connectivity index (χ4v) is 5.60. The lowest BCUT2D eigenvalue weighted by molar-refractivity contribution is 0.0298. The van der Waals surface area contributed by atoms with Crippen LogP contribution in [0.25, 0.3) is 16.2 Å². The SMILES string of the molecule is O=C(c1csc2nc(-c3cccc(NS(=O)(=O)c4ccccc4F)c3)cn12)N1CCOCC1. The van der Waals surface area contributed by atoms with Crippen LogP contribution in [-0.4, -0.2) is 54.9 Å². The van der Waals surface area contributed by atoms with Gasteiger partial charge >= 0.3 is 0 Å². The standard InChI is InChI=1S/C22H19FN4O4S2/c23-17-6-1-2-7-20(17)33(29,30)25-16-5-3-4-15(12-16)18-13-27-19(14-32-22(27)24-18)21(28)26-8-10-31-11-9-26/h1-7,12-14,25H,8-11H2. The number of imidazole rings is 1. The Hall–Kier alpha value is -3.28. The molecule has 1 fully saturated rings. The Morgan fingerprint density at radius 2 is 1.91 bits per heavy atom. The third-order valence-corrected chi connectivity index (χ3v) is 7.52. The first-order valence-electron chi connectivity index (χ1n) is 10.1. The van der Waals surface area contributed by atoms with E-state index in [0.29, 0.717) is 48.2 Å². The molecular formula is C22H19FN4O4S2. The molecule has 8 nitrogen and oxygen atoms in total. The van der Waals surface area contributed by atoms with Crippen LogP contribution in [0.1, 0.15) is 10.5 Å². The molecule has 0 spiro atoms. The Morgan fingerprint density at radius 3 is 2.70 bits per heavy atom. The van der Waals surface area contributed by atoms with Crippen molar-refractivity contribution in [3.8, 4) is 11.3 Å². The van der Waals surface area contributed by atoms with E-state index in [4.69, 9.17) is 4.74 Å². The summed E-state index contributed by atoms with van der Waals surface area (Å²) >= 11 is 1.35. The van der Waals surface area contributed by atoms with Crippen LogP contribution in [0.2, 0.25) is 0 Å². The Bertz CT molecular complexity index is 1440. The summed E-state index contributed by atoms with van der Waals surface area (Å²) in [6.45, 7) is 2.12. The van der Waals surface area contributed by atoms with Crippen molar-refractivity contribution < 1.29 is 22.3 Å². The number of amides is 1. The molecule has 5 rings (SSSR count). The number of halogens is 1. The average molecular weight is 487 g/mol. The van der Waals surface area contributed by atoms with Crippen LogP contribution in [-0.2, 0) is 14.8 Å². The molecule has 4 aromatic rings. The van der Waals surface area contributed by atoms with Gasteiger partial charge in [0.05, 0.1) is 18.9 Å². The summed E-state index contributed by atoms with van der Waals surface area (Å²) in [5.74, 6) is -0.909. The molecule has 0 unspecified atom stereocenters. The molecule has 1 aliphatic rings. The number of thiazole rings is 1. The van der Waals surface area contributed by atoms with Gasteiger partial charge in [0.25, 0.3) is 15.9 Å². The maximum Gasteiger partial charge on any atom is 0.271 e. The molecular weight excluding hydrogens is 467 g/mol. The number of carbonyl (C=O) groups is 1. The zero-order valence-electron chi connectivity index (χ0n) is 17.3. The number of benzene rings is 2. The van der Waals surface area contributed by atoms with E-state index in [9.17, 15) is 17.6 Å². The molecule has 0 saturated carbocycles. The van der Waals surface area contributed by atoms with E-state index < -0.39 is 20.7 Å². The van der Waals surface area contributed by atoms with Gasteiger partial charge in [-0.2, -0.15) is 0 Å². The Kier molecular flexibility index (Phi) is 5.60. The Morgan fingerprint density at radius 1 is 1.12 bits per heavy atom. The number of nitrogens with one attached hydrogen (secondary N) is 1. The van der Waals surface area contributed by atoms with Crippen LogP contribution < -0.4 is 4.72 Å². The van der Waals surface area contributed by atoms with Crippen LogP contribution in [0, 0.1) is 5.82 Å². The van der Waals surface area contributed by atoms with Crippen molar-refractivity contribution in [3.05, 3.63) is 71.6 Å². The van der Waals surface area contributed by atoms with Gasteiger partial charge in [0.2, 0.25) is 0 Å². The predicted molar refractivity (Wildman–Crippen MR) is 122 cm³/mol. The molecule has 170 valence electrons. The van der Waals surface area contributed by atoms with E-state index in [1.54, 1.807) is 45.1 Å².